The van der Waals surface area contributed by atoms with Gasteiger partial charge in [0.15, 0.2) is 5.76 Å². The Morgan fingerprint density at radius 2 is 2.13 bits per heavy atom. The van der Waals surface area contributed by atoms with Gasteiger partial charge in [0.05, 0.1) is 12.0 Å². The summed E-state index contributed by atoms with van der Waals surface area (Å²) in [5.41, 5.74) is 0.768. The molecule has 1 amide bonds. The van der Waals surface area contributed by atoms with Crippen molar-refractivity contribution in [2.75, 3.05) is 0 Å². The number of benzene rings is 1. The third-order valence-corrected chi connectivity index (χ3v) is 3.29. The van der Waals surface area contributed by atoms with Crippen LogP contribution in [0.15, 0.2) is 45.5 Å². The maximum absolute atomic E-state index is 13.6. The molecule has 0 aliphatic rings. The van der Waals surface area contributed by atoms with Gasteiger partial charge in [-0.2, -0.15) is 0 Å². The highest BCUT2D eigenvalue weighted by Gasteiger charge is 2.23. The van der Waals surface area contributed by atoms with E-state index in [1.54, 1.807) is 19.1 Å². The summed E-state index contributed by atoms with van der Waals surface area (Å²) in [4.78, 5) is 12.3. The molecule has 0 radical (unpaired) electrons. The number of nitrogens with one attached hydrogen (secondary N) is 1. The number of amides is 1. The lowest BCUT2D eigenvalue weighted by atomic mass is 10.1. The molecule has 0 unspecified atom stereocenters. The molecule has 0 fully saturated rings. The molecule has 2 aromatic heterocycles. The molecule has 0 saturated carbocycles. The topological polar surface area (TPSA) is 68.3 Å². The number of hydrogen-bond donors (Lipinski definition) is 1. The summed E-state index contributed by atoms with van der Waals surface area (Å²) in [7, 11) is 0. The number of aryl methyl sites for hydroxylation is 1. The minimum absolute atomic E-state index is 0.0901. The lowest BCUT2D eigenvalue weighted by Crippen LogP contribution is -2.24. The first kappa shape index (κ1) is 15.0. The van der Waals surface area contributed by atoms with Crippen molar-refractivity contribution in [3.63, 3.8) is 0 Å². The van der Waals surface area contributed by atoms with Crippen LogP contribution in [0.3, 0.4) is 0 Å². The molecule has 23 heavy (non-hydrogen) atoms. The Hall–Kier alpha value is -2.96. The fourth-order valence-corrected chi connectivity index (χ4v) is 2.14. The van der Waals surface area contributed by atoms with E-state index in [0.29, 0.717) is 11.5 Å². The van der Waals surface area contributed by atoms with Gasteiger partial charge < -0.3 is 14.3 Å². The molecule has 7 heteroatoms. The van der Waals surface area contributed by atoms with Gasteiger partial charge in [0.2, 0.25) is 5.76 Å². The van der Waals surface area contributed by atoms with Crippen LogP contribution in [-0.2, 0) is 6.54 Å². The Morgan fingerprint density at radius 3 is 2.83 bits per heavy atom. The maximum Gasteiger partial charge on any atom is 0.257 e. The molecule has 1 N–H and O–H groups in total. The van der Waals surface area contributed by atoms with Gasteiger partial charge in [-0.05, 0) is 25.1 Å². The van der Waals surface area contributed by atoms with E-state index in [9.17, 15) is 13.6 Å². The second-order valence-corrected chi connectivity index (χ2v) is 4.87. The molecule has 0 saturated heterocycles. The summed E-state index contributed by atoms with van der Waals surface area (Å²) in [6, 6.07) is 6.46. The number of carbonyl (C=O) groups is 1. The van der Waals surface area contributed by atoms with Crippen molar-refractivity contribution in [3.8, 4) is 11.5 Å². The Balaban J connectivity index is 1.80. The summed E-state index contributed by atoms with van der Waals surface area (Å²) >= 11 is 0. The van der Waals surface area contributed by atoms with Crippen molar-refractivity contribution in [2.24, 2.45) is 0 Å². The van der Waals surface area contributed by atoms with Gasteiger partial charge in [-0.15, -0.1) is 0 Å². The van der Waals surface area contributed by atoms with Gasteiger partial charge in [0.1, 0.15) is 17.2 Å². The largest absolute Gasteiger partial charge is 0.461 e. The predicted molar refractivity (Wildman–Crippen MR) is 76.5 cm³/mol. The molecule has 3 aromatic rings. The lowest BCUT2D eigenvalue weighted by Gasteiger charge is -2.06. The maximum atomic E-state index is 13.6. The minimum Gasteiger partial charge on any atom is -0.461 e. The normalized spacial score (nSPS) is 10.7. The van der Waals surface area contributed by atoms with Crippen molar-refractivity contribution >= 4 is 5.91 Å². The van der Waals surface area contributed by atoms with E-state index in [0.717, 1.165) is 12.1 Å². The van der Waals surface area contributed by atoms with Crippen molar-refractivity contribution in [1.82, 2.24) is 10.5 Å². The van der Waals surface area contributed by atoms with Crippen molar-refractivity contribution in [3.05, 3.63) is 65.1 Å². The summed E-state index contributed by atoms with van der Waals surface area (Å²) in [6.07, 6.45) is 1.45. The van der Waals surface area contributed by atoms with Crippen molar-refractivity contribution in [2.45, 2.75) is 13.5 Å². The lowest BCUT2D eigenvalue weighted by molar-refractivity contribution is 0.0950. The first-order valence-corrected chi connectivity index (χ1v) is 6.78. The highest BCUT2D eigenvalue weighted by molar-refractivity contribution is 6.00. The predicted octanol–water partition coefficient (Wildman–Crippen LogP) is 3.45. The van der Waals surface area contributed by atoms with Gasteiger partial charge in [0, 0.05) is 18.2 Å². The second kappa shape index (κ2) is 6.04. The van der Waals surface area contributed by atoms with Gasteiger partial charge >= 0.3 is 0 Å². The summed E-state index contributed by atoms with van der Waals surface area (Å²) in [6.45, 7) is 1.52. The van der Waals surface area contributed by atoms with Crippen LogP contribution >= 0.6 is 0 Å². The van der Waals surface area contributed by atoms with E-state index in [1.165, 1.54) is 12.3 Å². The number of carbonyl (C=O) groups excluding carboxylic acids is 1. The van der Waals surface area contributed by atoms with E-state index >= 15 is 0 Å². The molecule has 0 aliphatic carbocycles. The molecule has 0 atom stereocenters. The van der Waals surface area contributed by atoms with Crippen LogP contribution in [0.1, 0.15) is 21.6 Å². The number of halogens is 2. The average Bonchev–Trinajstić information content (AvgIpc) is 3.15. The molecular formula is C16H12F2N2O3. The molecule has 1 aromatic carbocycles. The van der Waals surface area contributed by atoms with E-state index in [-0.39, 0.29) is 23.4 Å². The fraction of sp³-hybridized carbons (Fsp3) is 0.125. The monoisotopic (exact) mass is 318 g/mol. The van der Waals surface area contributed by atoms with Crippen molar-refractivity contribution in [1.29, 1.82) is 0 Å². The molecule has 0 spiro atoms. The van der Waals surface area contributed by atoms with E-state index in [4.69, 9.17) is 8.94 Å². The number of aromatic nitrogens is 1. The molecule has 2 heterocycles. The SMILES string of the molecule is Cc1noc(-c2ccco2)c1C(=O)NCc1ccc(F)cc1F. The molecule has 3 rings (SSSR count). The van der Waals surface area contributed by atoms with Crippen LogP contribution in [0, 0.1) is 18.6 Å². The summed E-state index contributed by atoms with van der Waals surface area (Å²) in [5, 5.41) is 6.32. The quantitative estimate of drug-likeness (QED) is 0.800. The molecule has 0 aliphatic heterocycles. The standard InChI is InChI=1S/C16H12F2N2O3/c1-9-14(15(23-20-9)13-3-2-6-22-13)16(21)19-8-10-4-5-11(17)7-12(10)18/h2-7H,8H2,1H3,(H,19,21). The minimum atomic E-state index is -0.724. The third-order valence-electron chi connectivity index (χ3n) is 3.29. The summed E-state index contributed by atoms with van der Waals surface area (Å²) < 4.78 is 36.8. The van der Waals surface area contributed by atoms with E-state index < -0.39 is 17.5 Å². The highest BCUT2D eigenvalue weighted by atomic mass is 19.1. The number of rotatable bonds is 4. The van der Waals surface area contributed by atoms with Crippen molar-refractivity contribution < 1.29 is 22.5 Å². The van der Waals surface area contributed by atoms with E-state index in [1.807, 2.05) is 0 Å². The smallest absolute Gasteiger partial charge is 0.257 e. The van der Waals surface area contributed by atoms with Crippen LogP contribution in [0.5, 0.6) is 0 Å². The first-order valence-electron chi connectivity index (χ1n) is 6.78. The van der Waals surface area contributed by atoms with Gasteiger partial charge in [-0.1, -0.05) is 11.2 Å². The van der Waals surface area contributed by atoms with Crippen LogP contribution in [0.25, 0.3) is 11.5 Å². The zero-order valence-electron chi connectivity index (χ0n) is 12.1. The molecule has 118 valence electrons. The van der Waals surface area contributed by atoms with Crippen LogP contribution in [0.4, 0.5) is 8.78 Å². The van der Waals surface area contributed by atoms with Gasteiger partial charge in [-0.3, -0.25) is 4.79 Å². The third kappa shape index (κ3) is 2.98. The Bertz CT molecular complexity index is 841. The second-order valence-electron chi connectivity index (χ2n) is 4.87. The average molecular weight is 318 g/mol. The zero-order valence-corrected chi connectivity index (χ0v) is 12.1. The Morgan fingerprint density at radius 1 is 1.30 bits per heavy atom. The van der Waals surface area contributed by atoms with Crippen LogP contribution in [0.2, 0.25) is 0 Å². The molecule has 5 nitrogen and oxygen atoms in total. The van der Waals surface area contributed by atoms with E-state index in [2.05, 4.69) is 10.5 Å². The Labute approximate surface area is 129 Å². The number of nitrogens with zero attached hydrogens (tertiary/aromatic N) is 1. The highest BCUT2D eigenvalue weighted by Crippen LogP contribution is 2.26. The van der Waals surface area contributed by atoms with Crippen LogP contribution in [-0.4, -0.2) is 11.1 Å². The van der Waals surface area contributed by atoms with Gasteiger partial charge in [0.25, 0.3) is 5.91 Å². The fourth-order valence-electron chi connectivity index (χ4n) is 2.14. The number of hydrogen-bond acceptors (Lipinski definition) is 4. The molecule has 0 bridgehead atoms. The van der Waals surface area contributed by atoms with Gasteiger partial charge in [-0.25, -0.2) is 8.78 Å². The number of furan rings is 1. The zero-order chi connectivity index (χ0) is 16.4. The molecular weight excluding hydrogens is 306 g/mol. The Kier molecular flexibility index (Phi) is 3.92. The van der Waals surface area contributed by atoms with Crippen LogP contribution < -0.4 is 5.32 Å². The first-order chi connectivity index (χ1) is 11.1. The summed E-state index contributed by atoms with van der Waals surface area (Å²) in [5.74, 6) is -1.32.